The van der Waals surface area contributed by atoms with Crippen molar-refractivity contribution in [3.8, 4) is 0 Å². The number of furan rings is 1. The zero-order valence-corrected chi connectivity index (χ0v) is 12.3. The maximum absolute atomic E-state index is 5.34. The normalized spacial score (nSPS) is 11.7. The van der Waals surface area contributed by atoms with Crippen LogP contribution in [-0.4, -0.2) is 9.55 Å². The summed E-state index contributed by atoms with van der Waals surface area (Å²) in [6.07, 6.45) is 9.34. The number of nitrogens with zero attached hydrogens (tertiary/aromatic N) is 2. The Morgan fingerprint density at radius 2 is 2.00 bits per heavy atom. The number of hydrogen-bond acceptors (Lipinski definition) is 2. The molecule has 0 fully saturated rings. The highest BCUT2D eigenvalue weighted by atomic mass is 16.3. The van der Waals surface area contributed by atoms with Crippen molar-refractivity contribution in [1.29, 1.82) is 0 Å². The average molecular weight is 280 g/mol. The van der Waals surface area contributed by atoms with E-state index in [1.807, 2.05) is 30.4 Å². The number of hydrogen-bond donors (Lipinski definition) is 0. The molecule has 0 aliphatic carbocycles. The molecule has 0 radical (unpaired) electrons. The molecule has 0 spiro atoms. The molecule has 3 rings (SSSR count). The Morgan fingerprint density at radius 3 is 2.81 bits per heavy atom. The topological polar surface area (TPSA) is 31.0 Å². The molecule has 2 aromatic heterocycles. The second-order valence-corrected chi connectivity index (χ2v) is 5.17. The van der Waals surface area contributed by atoms with E-state index in [0.29, 0.717) is 0 Å². The van der Waals surface area contributed by atoms with Gasteiger partial charge in [-0.15, -0.1) is 0 Å². The number of aryl methyl sites for hydroxylation is 1. The summed E-state index contributed by atoms with van der Waals surface area (Å²) < 4.78 is 7.64. The van der Waals surface area contributed by atoms with E-state index in [1.54, 1.807) is 6.26 Å². The minimum atomic E-state index is 0.849. The van der Waals surface area contributed by atoms with Crippen molar-refractivity contribution in [3.63, 3.8) is 0 Å². The van der Waals surface area contributed by atoms with E-state index in [0.717, 1.165) is 23.6 Å². The molecule has 0 amide bonds. The summed E-state index contributed by atoms with van der Waals surface area (Å²) in [6.45, 7) is 3.23. The van der Waals surface area contributed by atoms with E-state index in [2.05, 4.69) is 29.7 Å². The Balaban J connectivity index is 1.93. The molecule has 0 bridgehead atoms. The largest absolute Gasteiger partial charge is 0.465 e. The third-order valence-electron chi connectivity index (χ3n) is 3.61. The van der Waals surface area contributed by atoms with Gasteiger partial charge in [0.2, 0.25) is 0 Å². The fourth-order valence-corrected chi connectivity index (χ4v) is 2.52. The Bertz CT molecular complexity index is 723. The lowest BCUT2D eigenvalue weighted by Crippen LogP contribution is -2.00. The monoisotopic (exact) mass is 280 g/mol. The number of unbranched alkanes of at least 4 members (excludes halogenated alkanes) is 2. The van der Waals surface area contributed by atoms with Gasteiger partial charge in [0.15, 0.2) is 0 Å². The molecule has 3 aromatic rings. The predicted octanol–water partition coefficient (Wildman–Crippen LogP) is 4.99. The minimum Gasteiger partial charge on any atom is -0.465 e. The summed E-state index contributed by atoms with van der Waals surface area (Å²) in [4.78, 5) is 4.73. The van der Waals surface area contributed by atoms with Crippen molar-refractivity contribution in [2.24, 2.45) is 0 Å². The van der Waals surface area contributed by atoms with Gasteiger partial charge in [-0.1, -0.05) is 31.9 Å². The molecule has 0 saturated carbocycles. The molecule has 0 aliphatic heterocycles. The first-order valence-corrected chi connectivity index (χ1v) is 7.55. The van der Waals surface area contributed by atoms with E-state index in [-0.39, 0.29) is 0 Å². The molecule has 3 nitrogen and oxygen atoms in total. The number of rotatable bonds is 6. The van der Waals surface area contributed by atoms with Crippen molar-refractivity contribution in [2.45, 2.75) is 32.7 Å². The molecule has 1 aromatic carbocycles. The van der Waals surface area contributed by atoms with E-state index >= 15 is 0 Å². The molecule has 0 atom stereocenters. The van der Waals surface area contributed by atoms with Gasteiger partial charge in [0, 0.05) is 6.54 Å². The quantitative estimate of drug-likeness (QED) is 0.595. The standard InChI is InChI=1S/C18H20N2O/c1-2-3-6-13-20-17-10-5-4-9-16(17)19-18(20)12-11-15-8-7-14-21-15/h4-5,7-12,14H,2-3,6,13H2,1H3/b12-11+. The Hall–Kier alpha value is -2.29. The fourth-order valence-electron chi connectivity index (χ4n) is 2.52. The lowest BCUT2D eigenvalue weighted by Gasteiger charge is -2.06. The Morgan fingerprint density at radius 1 is 1.10 bits per heavy atom. The zero-order valence-electron chi connectivity index (χ0n) is 12.3. The van der Waals surface area contributed by atoms with Crippen molar-refractivity contribution < 1.29 is 4.42 Å². The Labute approximate surface area is 124 Å². The van der Waals surface area contributed by atoms with Crippen LogP contribution in [0, 0.1) is 0 Å². The van der Waals surface area contributed by atoms with E-state index in [4.69, 9.17) is 9.40 Å². The third kappa shape index (κ3) is 3.07. The molecule has 2 heterocycles. The first-order valence-electron chi connectivity index (χ1n) is 7.55. The second-order valence-electron chi connectivity index (χ2n) is 5.17. The summed E-state index contributed by atoms with van der Waals surface area (Å²) in [5, 5.41) is 0. The fraction of sp³-hybridized carbons (Fsp3) is 0.278. The van der Waals surface area contributed by atoms with Gasteiger partial charge in [-0.3, -0.25) is 0 Å². The number of para-hydroxylation sites is 2. The smallest absolute Gasteiger partial charge is 0.133 e. The highest BCUT2D eigenvalue weighted by molar-refractivity contribution is 5.79. The molecular formula is C18H20N2O. The number of aromatic nitrogens is 2. The van der Waals surface area contributed by atoms with Crippen LogP contribution in [0.2, 0.25) is 0 Å². The van der Waals surface area contributed by atoms with Gasteiger partial charge >= 0.3 is 0 Å². The maximum Gasteiger partial charge on any atom is 0.133 e. The first-order chi connectivity index (χ1) is 10.4. The van der Waals surface area contributed by atoms with Crippen LogP contribution in [0.3, 0.4) is 0 Å². The number of benzene rings is 1. The molecule has 0 unspecified atom stereocenters. The highest BCUT2D eigenvalue weighted by Crippen LogP contribution is 2.19. The van der Waals surface area contributed by atoms with Crippen LogP contribution in [0.1, 0.15) is 37.8 Å². The van der Waals surface area contributed by atoms with E-state index in [1.165, 1.54) is 24.8 Å². The summed E-state index contributed by atoms with van der Waals surface area (Å²) in [6, 6.07) is 12.1. The minimum absolute atomic E-state index is 0.849. The summed E-state index contributed by atoms with van der Waals surface area (Å²) >= 11 is 0. The van der Waals surface area contributed by atoms with Gasteiger partial charge < -0.3 is 8.98 Å². The van der Waals surface area contributed by atoms with Crippen LogP contribution in [0.5, 0.6) is 0 Å². The lowest BCUT2D eigenvalue weighted by molar-refractivity contribution is 0.557. The molecule has 0 aliphatic rings. The van der Waals surface area contributed by atoms with Gasteiger partial charge in [0.1, 0.15) is 11.6 Å². The van der Waals surface area contributed by atoms with Gasteiger partial charge in [0.05, 0.1) is 17.3 Å². The van der Waals surface area contributed by atoms with Crippen LogP contribution in [-0.2, 0) is 6.54 Å². The van der Waals surface area contributed by atoms with Crippen LogP contribution in [0.25, 0.3) is 23.2 Å². The summed E-state index contributed by atoms with van der Waals surface area (Å²) in [5.74, 6) is 1.84. The summed E-state index contributed by atoms with van der Waals surface area (Å²) in [5.41, 5.74) is 2.25. The first kappa shape index (κ1) is 13.7. The van der Waals surface area contributed by atoms with E-state index < -0.39 is 0 Å². The molecule has 0 saturated heterocycles. The van der Waals surface area contributed by atoms with Crippen molar-refractivity contribution in [3.05, 3.63) is 54.2 Å². The van der Waals surface area contributed by atoms with Gasteiger partial charge in [0.25, 0.3) is 0 Å². The predicted molar refractivity (Wildman–Crippen MR) is 86.9 cm³/mol. The number of fused-ring (bicyclic) bond motifs is 1. The molecular weight excluding hydrogens is 260 g/mol. The summed E-state index contributed by atoms with van der Waals surface area (Å²) in [7, 11) is 0. The van der Waals surface area contributed by atoms with Crippen LogP contribution in [0.4, 0.5) is 0 Å². The SMILES string of the molecule is CCCCCn1c(/C=C/c2ccco2)nc2ccccc21. The Kier molecular flexibility index (Phi) is 4.20. The third-order valence-corrected chi connectivity index (χ3v) is 3.61. The number of imidazole rings is 1. The molecule has 108 valence electrons. The molecule has 0 N–H and O–H groups in total. The van der Waals surface area contributed by atoms with Gasteiger partial charge in [-0.2, -0.15) is 0 Å². The second kappa shape index (κ2) is 6.44. The van der Waals surface area contributed by atoms with E-state index in [9.17, 15) is 0 Å². The van der Waals surface area contributed by atoms with Gasteiger partial charge in [-0.25, -0.2) is 4.98 Å². The van der Waals surface area contributed by atoms with Crippen molar-refractivity contribution in [1.82, 2.24) is 9.55 Å². The van der Waals surface area contributed by atoms with Crippen molar-refractivity contribution in [2.75, 3.05) is 0 Å². The maximum atomic E-state index is 5.34. The van der Waals surface area contributed by atoms with Crippen LogP contribution >= 0.6 is 0 Å². The van der Waals surface area contributed by atoms with Gasteiger partial charge in [-0.05, 0) is 42.8 Å². The zero-order chi connectivity index (χ0) is 14.5. The average Bonchev–Trinajstić information content (AvgIpc) is 3.13. The van der Waals surface area contributed by atoms with Crippen LogP contribution in [0.15, 0.2) is 47.1 Å². The highest BCUT2D eigenvalue weighted by Gasteiger charge is 2.07. The van der Waals surface area contributed by atoms with Crippen molar-refractivity contribution >= 4 is 23.2 Å². The lowest BCUT2D eigenvalue weighted by atomic mass is 10.2. The molecule has 21 heavy (non-hydrogen) atoms. The molecule has 3 heteroatoms. The van der Waals surface area contributed by atoms with Crippen LogP contribution < -0.4 is 0 Å².